The summed E-state index contributed by atoms with van der Waals surface area (Å²) in [4.78, 5) is 14.8. The molecule has 1 heterocycles. The Morgan fingerprint density at radius 3 is 2.40 bits per heavy atom. The van der Waals surface area contributed by atoms with Gasteiger partial charge in [0.25, 0.3) is 5.69 Å². The molecule has 1 N–H and O–H groups in total. The van der Waals surface area contributed by atoms with Gasteiger partial charge in [0.05, 0.1) is 36.2 Å². The number of morpholine rings is 1. The fourth-order valence-electron chi connectivity index (χ4n) is 3.09. The molecule has 0 spiro atoms. The lowest BCUT2D eigenvalue weighted by Gasteiger charge is -2.26. The number of anilines is 1. The molecule has 170 valence electrons. The van der Waals surface area contributed by atoms with Crippen LogP contribution in [0.2, 0.25) is 0 Å². The standard InChI is InChI=1S/C18H30N4O7S/c1-27-11-9-21(10-12-28-2)17-4-3-16(15-18(17)22(23)24)30(25,26)19-5-6-20-7-13-29-14-8-20/h3-4,15,19H,5-14H2,1-2H3. The maximum Gasteiger partial charge on any atom is 0.293 e. The minimum absolute atomic E-state index is 0.140. The van der Waals surface area contributed by atoms with Crippen molar-refractivity contribution in [3.63, 3.8) is 0 Å². The number of sulfonamides is 1. The Morgan fingerprint density at radius 1 is 1.20 bits per heavy atom. The van der Waals surface area contributed by atoms with Crippen LogP contribution in [0.25, 0.3) is 0 Å². The number of benzene rings is 1. The zero-order chi connectivity index (χ0) is 22.0. The van der Waals surface area contributed by atoms with Gasteiger partial charge in [-0.1, -0.05) is 0 Å². The maximum atomic E-state index is 12.6. The molecule has 1 aliphatic rings. The summed E-state index contributed by atoms with van der Waals surface area (Å²) < 4.78 is 43.2. The molecule has 1 aromatic rings. The van der Waals surface area contributed by atoms with Crippen LogP contribution in [0, 0.1) is 10.1 Å². The van der Waals surface area contributed by atoms with Gasteiger partial charge >= 0.3 is 0 Å². The summed E-state index contributed by atoms with van der Waals surface area (Å²) >= 11 is 0. The topological polar surface area (TPSA) is 123 Å². The van der Waals surface area contributed by atoms with Gasteiger partial charge in [0, 0.05) is 59.6 Å². The van der Waals surface area contributed by atoms with E-state index in [-0.39, 0.29) is 17.1 Å². The summed E-state index contributed by atoms with van der Waals surface area (Å²) in [5.74, 6) is 0. The van der Waals surface area contributed by atoms with Gasteiger partial charge in [-0.3, -0.25) is 15.0 Å². The van der Waals surface area contributed by atoms with Gasteiger partial charge in [0.1, 0.15) is 5.69 Å². The number of nitrogens with zero attached hydrogens (tertiary/aromatic N) is 3. The van der Waals surface area contributed by atoms with Crippen LogP contribution in [0.3, 0.4) is 0 Å². The fourth-order valence-corrected chi connectivity index (χ4v) is 4.13. The number of nitro benzene ring substituents is 1. The second-order valence-corrected chi connectivity index (χ2v) is 8.50. The molecule has 1 saturated heterocycles. The van der Waals surface area contributed by atoms with Crippen molar-refractivity contribution in [2.75, 3.05) is 84.8 Å². The average molecular weight is 447 g/mol. The van der Waals surface area contributed by atoms with Gasteiger partial charge in [0.2, 0.25) is 10.0 Å². The van der Waals surface area contributed by atoms with E-state index in [4.69, 9.17) is 14.2 Å². The number of rotatable bonds is 13. The van der Waals surface area contributed by atoms with Crippen LogP contribution in [0.15, 0.2) is 23.1 Å². The highest BCUT2D eigenvalue weighted by atomic mass is 32.2. The Labute approximate surface area is 177 Å². The number of hydrogen-bond acceptors (Lipinski definition) is 9. The van der Waals surface area contributed by atoms with Gasteiger partial charge in [-0.25, -0.2) is 13.1 Å². The van der Waals surface area contributed by atoms with Crippen molar-refractivity contribution in [3.05, 3.63) is 28.3 Å². The molecule has 1 aliphatic heterocycles. The molecule has 30 heavy (non-hydrogen) atoms. The maximum absolute atomic E-state index is 12.6. The molecule has 1 fully saturated rings. The molecular formula is C18H30N4O7S. The lowest BCUT2D eigenvalue weighted by atomic mass is 10.2. The van der Waals surface area contributed by atoms with Crippen molar-refractivity contribution < 1.29 is 27.6 Å². The highest BCUT2D eigenvalue weighted by molar-refractivity contribution is 7.89. The Kier molecular flexibility index (Phi) is 9.88. The molecular weight excluding hydrogens is 416 g/mol. The normalized spacial score (nSPS) is 15.3. The third kappa shape index (κ3) is 7.15. The van der Waals surface area contributed by atoms with Gasteiger partial charge in [-0.05, 0) is 12.1 Å². The zero-order valence-corrected chi connectivity index (χ0v) is 18.2. The predicted octanol–water partition coefficient (Wildman–Crippen LogP) is 0.305. The molecule has 0 aromatic heterocycles. The molecule has 1 aromatic carbocycles. The molecule has 0 unspecified atom stereocenters. The summed E-state index contributed by atoms with van der Waals surface area (Å²) in [5.41, 5.74) is 0.0413. The molecule has 12 heteroatoms. The van der Waals surface area contributed by atoms with Crippen LogP contribution in [0.4, 0.5) is 11.4 Å². The van der Waals surface area contributed by atoms with Crippen molar-refractivity contribution in [2.45, 2.75) is 4.90 Å². The number of methoxy groups -OCH3 is 2. The molecule has 0 aliphatic carbocycles. The molecule has 0 radical (unpaired) electrons. The van der Waals surface area contributed by atoms with Crippen LogP contribution in [0.1, 0.15) is 0 Å². The summed E-state index contributed by atoms with van der Waals surface area (Å²) in [6, 6.07) is 3.94. The third-order valence-electron chi connectivity index (χ3n) is 4.75. The Hall–Kier alpha value is -1.83. The second-order valence-electron chi connectivity index (χ2n) is 6.73. The van der Waals surface area contributed by atoms with Gasteiger partial charge < -0.3 is 19.1 Å². The van der Waals surface area contributed by atoms with Crippen molar-refractivity contribution in [1.29, 1.82) is 0 Å². The molecule has 0 saturated carbocycles. The monoisotopic (exact) mass is 446 g/mol. The van der Waals surface area contributed by atoms with E-state index in [0.717, 1.165) is 19.2 Å². The quantitative estimate of drug-likeness (QED) is 0.337. The molecule has 0 amide bonds. The van der Waals surface area contributed by atoms with Crippen LogP contribution >= 0.6 is 0 Å². The number of nitrogens with one attached hydrogen (secondary N) is 1. The Bertz CT molecular complexity index is 777. The van der Waals surface area contributed by atoms with E-state index in [0.29, 0.717) is 51.7 Å². The second kappa shape index (κ2) is 12.1. The molecule has 2 rings (SSSR count). The van der Waals surface area contributed by atoms with Crippen LogP contribution < -0.4 is 9.62 Å². The van der Waals surface area contributed by atoms with Crippen LogP contribution in [-0.4, -0.2) is 98.2 Å². The predicted molar refractivity (Wildman–Crippen MR) is 112 cm³/mol. The molecule has 0 atom stereocenters. The van der Waals surface area contributed by atoms with Crippen molar-refractivity contribution in [1.82, 2.24) is 9.62 Å². The molecule has 0 bridgehead atoms. The summed E-state index contributed by atoms with van der Waals surface area (Å²) in [6.07, 6.45) is 0. The van der Waals surface area contributed by atoms with E-state index in [1.807, 2.05) is 0 Å². The van der Waals surface area contributed by atoms with Crippen molar-refractivity contribution in [2.24, 2.45) is 0 Å². The summed E-state index contributed by atoms with van der Waals surface area (Å²) in [6.45, 7) is 5.06. The summed E-state index contributed by atoms with van der Waals surface area (Å²) in [7, 11) is -0.788. The third-order valence-corrected chi connectivity index (χ3v) is 6.21. The lowest BCUT2D eigenvalue weighted by molar-refractivity contribution is -0.384. The highest BCUT2D eigenvalue weighted by Crippen LogP contribution is 2.30. The summed E-state index contributed by atoms with van der Waals surface area (Å²) in [5, 5.41) is 11.7. The van der Waals surface area contributed by atoms with Crippen LogP contribution in [0.5, 0.6) is 0 Å². The van der Waals surface area contributed by atoms with Gasteiger partial charge in [0.15, 0.2) is 0 Å². The van der Waals surface area contributed by atoms with Gasteiger partial charge in [-0.2, -0.15) is 0 Å². The van der Waals surface area contributed by atoms with E-state index in [2.05, 4.69) is 9.62 Å². The van der Waals surface area contributed by atoms with Crippen molar-refractivity contribution >= 4 is 21.4 Å². The van der Waals surface area contributed by atoms with Crippen molar-refractivity contribution in [3.8, 4) is 0 Å². The number of ether oxygens (including phenoxy) is 3. The minimum atomic E-state index is -3.87. The van der Waals surface area contributed by atoms with Gasteiger partial charge in [-0.15, -0.1) is 0 Å². The lowest BCUT2D eigenvalue weighted by Crippen LogP contribution is -2.41. The fraction of sp³-hybridized carbons (Fsp3) is 0.667. The Balaban J connectivity index is 2.15. The van der Waals surface area contributed by atoms with E-state index >= 15 is 0 Å². The van der Waals surface area contributed by atoms with E-state index in [1.165, 1.54) is 12.1 Å². The van der Waals surface area contributed by atoms with E-state index in [9.17, 15) is 18.5 Å². The zero-order valence-electron chi connectivity index (χ0n) is 17.4. The van der Waals surface area contributed by atoms with E-state index < -0.39 is 14.9 Å². The first-order chi connectivity index (χ1) is 14.4. The first-order valence-electron chi connectivity index (χ1n) is 9.70. The van der Waals surface area contributed by atoms with Crippen LogP contribution in [-0.2, 0) is 24.2 Å². The smallest absolute Gasteiger partial charge is 0.293 e. The SMILES string of the molecule is COCCN(CCOC)c1ccc(S(=O)(=O)NCCN2CCOCC2)cc1[N+](=O)[O-]. The molecule has 11 nitrogen and oxygen atoms in total. The Morgan fingerprint density at radius 2 is 1.83 bits per heavy atom. The number of hydrogen-bond donors (Lipinski definition) is 1. The average Bonchev–Trinajstić information content (AvgIpc) is 2.74. The van der Waals surface area contributed by atoms with E-state index in [1.54, 1.807) is 19.1 Å². The number of nitro groups is 1. The first kappa shape index (κ1) is 24.4. The highest BCUT2D eigenvalue weighted by Gasteiger charge is 2.24. The largest absolute Gasteiger partial charge is 0.383 e. The first-order valence-corrected chi connectivity index (χ1v) is 11.2. The minimum Gasteiger partial charge on any atom is -0.383 e.